The first-order valence-corrected chi connectivity index (χ1v) is 13.7. The number of piperidine rings is 1. The third-order valence-corrected chi connectivity index (χ3v) is 8.40. The summed E-state index contributed by atoms with van der Waals surface area (Å²) in [5.74, 6) is 1.08. The van der Waals surface area contributed by atoms with Gasteiger partial charge in [0.2, 0.25) is 5.91 Å². The number of nitrogens with one attached hydrogen (secondary N) is 1. The molecule has 1 N–H and O–H groups in total. The molecule has 3 saturated heterocycles. The SMILES string of the molecule is Cc1c(N2C[C@H]3CC[C@H]2CO3)ccc2c1N(C(=O)C1CCC(OC(C)C)CC1)Cc1cccnc1N2. The van der Waals surface area contributed by atoms with Crippen molar-refractivity contribution in [1.82, 2.24) is 4.98 Å². The van der Waals surface area contributed by atoms with E-state index in [0.717, 1.165) is 73.6 Å². The van der Waals surface area contributed by atoms with Gasteiger partial charge in [0, 0.05) is 29.9 Å². The summed E-state index contributed by atoms with van der Waals surface area (Å²) in [6.45, 7) is 8.60. The summed E-state index contributed by atoms with van der Waals surface area (Å²) in [4.78, 5) is 23.3. The molecule has 4 fully saturated rings. The molecule has 1 saturated carbocycles. The Morgan fingerprint density at radius 1 is 1.14 bits per heavy atom. The van der Waals surface area contributed by atoms with Gasteiger partial charge in [-0.1, -0.05) is 6.07 Å². The molecule has 2 bridgehead atoms. The van der Waals surface area contributed by atoms with Crippen molar-refractivity contribution in [3.63, 3.8) is 0 Å². The zero-order valence-electron chi connectivity index (χ0n) is 21.7. The second kappa shape index (κ2) is 9.67. The molecule has 4 aliphatic heterocycles. The Morgan fingerprint density at radius 2 is 1.97 bits per heavy atom. The molecule has 0 unspecified atom stereocenters. The molecule has 7 heteroatoms. The molecule has 7 rings (SSSR count). The van der Waals surface area contributed by atoms with Crippen molar-refractivity contribution in [3.05, 3.63) is 41.6 Å². The zero-order chi connectivity index (χ0) is 24.8. The van der Waals surface area contributed by atoms with E-state index in [-0.39, 0.29) is 24.0 Å². The number of ether oxygens (including phenoxy) is 2. The predicted octanol–water partition coefficient (Wildman–Crippen LogP) is 5.33. The fourth-order valence-corrected chi connectivity index (χ4v) is 6.59. The topological polar surface area (TPSA) is 66.9 Å². The lowest BCUT2D eigenvalue weighted by Gasteiger charge is -2.47. The minimum atomic E-state index is 0.0190. The molecule has 2 atom stereocenters. The van der Waals surface area contributed by atoms with Crippen LogP contribution in [0.5, 0.6) is 0 Å². The summed E-state index contributed by atoms with van der Waals surface area (Å²) in [6, 6.07) is 8.79. The molecule has 2 aromatic rings. The van der Waals surface area contributed by atoms with Crippen molar-refractivity contribution in [3.8, 4) is 0 Å². The van der Waals surface area contributed by atoms with E-state index in [1.54, 1.807) is 0 Å². The van der Waals surface area contributed by atoms with Crippen LogP contribution < -0.4 is 15.1 Å². The average Bonchev–Trinajstić information content (AvgIpc) is 3.06. The third kappa shape index (κ3) is 4.37. The van der Waals surface area contributed by atoms with Crippen LogP contribution in [0.3, 0.4) is 0 Å². The highest BCUT2D eigenvalue weighted by Crippen LogP contribution is 2.44. The fraction of sp³-hybridized carbons (Fsp3) is 0.586. The second-order valence-electron chi connectivity index (χ2n) is 11.2. The van der Waals surface area contributed by atoms with Gasteiger partial charge in [0.1, 0.15) is 5.82 Å². The minimum Gasteiger partial charge on any atom is -0.376 e. The van der Waals surface area contributed by atoms with E-state index in [9.17, 15) is 4.79 Å². The normalized spacial score (nSPS) is 27.3. The smallest absolute Gasteiger partial charge is 0.230 e. The predicted molar refractivity (Wildman–Crippen MR) is 142 cm³/mol. The first-order valence-electron chi connectivity index (χ1n) is 13.7. The maximum atomic E-state index is 14.2. The molecule has 1 amide bonds. The second-order valence-corrected chi connectivity index (χ2v) is 11.2. The summed E-state index contributed by atoms with van der Waals surface area (Å²) in [5.41, 5.74) is 5.38. The van der Waals surface area contributed by atoms with E-state index in [2.05, 4.69) is 54.2 Å². The summed E-state index contributed by atoms with van der Waals surface area (Å²) in [6.07, 6.45) is 8.56. The number of rotatable bonds is 4. The Morgan fingerprint density at radius 3 is 2.67 bits per heavy atom. The lowest BCUT2D eigenvalue weighted by molar-refractivity contribution is -0.124. The van der Waals surface area contributed by atoms with E-state index in [0.29, 0.717) is 18.7 Å². The molecular weight excluding hydrogens is 452 g/mol. The third-order valence-electron chi connectivity index (χ3n) is 8.40. The number of pyridine rings is 1. The van der Waals surface area contributed by atoms with E-state index in [1.807, 2.05) is 17.2 Å². The van der Waals surface area contributed by atoms with Crippen molar-refractivity contribution in [2.45, 2.75) is 90.2 Å². The molecule has 1 aromatic carbocycles. The van der Waals surface area contributed by atoms with Crippen molar-refractivity contribution in [2.75, 3.05) is 28.3 Å². The Kier molecular flexibility index (Phi) is 6.38. The molecule has 7 nitrogen and oxygen atoms in total. The molecule has 1 aromatic heterocycles. The molecule has 192 valence electrons. The minimum absolute atomic E-state index is 0.0190. The molecule has 36 heavy (non-hydrogen) atoms. The zero-order valence-corrected chi connectivity index (χ0v) is 21.7. The number of fused-ring (bicyclic) bond motifs is 5. The van der Waals surface area contributed by atoms with Gasteiger partial charge in [-0.3, -0.25) is 4.79 Å². The largest absolute Gasteiger partial charge is 0.376 e. The van der Waals surface area contributed by atoms with Crippen molar-refractivity contribution >= 4 is 28.8 Å². The Balaban J connectivity index is 1.34. The van der Waals surface area contributed by atoms with Gasteiger partial charge in [-0.05, 0) is 83.1 Å². The van der Waals surface area contributed by atoms with E-state index >= 15 is 0 Å². The lowest BCUT2D eigenvalue weighted by atomic mass is 9.86. The number of benzene rings is 1. The van der Waals surface area contributed by atoms with Crippen LogP contribution in [-0.4, -0.2) is 48.4 Å². The highest BCUT2D eigenvalue weighted by Gasteiger charge is 2.38. The maximum absolute atomic E-state index is 14.2. The van der Waals surface area contributed by atoms with Crippen LogP contribution in [0.15, 0.2) is 30.5 Å². The Labute approximate surface area is 214 Å². The number of hydrogen-bond donors (Lipinski definition) is 1. The molecule has 5 heterocycles. The van der Waals surface area contributed by atoms with Crippen molar-refractivity contribution < 1.29 is 14.3 Å². The van der Waals surface area contributed by atoms with E-state index in [4.69, 9.17) is 9.47 Å². The summed E-state index contributed by atoms with van der Waals surface area (Å²) >= 11 is 0. The van der Waals surface area contributed by atoms with Crippen LogP contribution in [0.25, 0.3) is 0 Å². The Bertz CT molecular complexity index is 1120. The van der Waals surface area contributed by atoms with Crippen LogP contribution in [0.1, 0.15) is 63.5 Å². The summed E-state index contributed by atoms with van der Waals surface area (Å²) in [5, 5.41) is 3.56. The number of morpholine rings is 1. The van der Waals surface area contributed by atoms with Gasteiger partial charge in [0.15, 0.2) is 0 Å². The number of aromatic nitrogens is 1. The number of nitrogens with zero attached hydrogens (tertiary/aromatic N) is 3. The summed E-state index contributed by atoms with van der Waals surface area (Å²) in [7, 11) is 0. The van der Waals surface area contributed by atoms with Crippen molar-refractivity contribution in [1.29, 1.82) is 0 Å². The quantitative estimate of drug-likeness (QED) is 0.625. The van der Waals surface area contributed by atoms with Gasteiger partial charge in [-0.25, -0.2) is 4.98 Å². The van der Waals surface area contributed by atoms with Gasteiger partial charge in [-0.15, -0.1) is 0 Å². The monoisotopic (exact) mass is 490 g/mol. The van der Waals surface area contributed by atoms with E-state index in [1.165, 1.54) is 12.1 Å². The lowest BCUT2D eigenvalue weighted by Crippen LogP contribution is -2.54. The number of carbonyl (C=O) groups excluding carboxylic acids is 1. The standard InChI is InChI=1S/C29H38N4O3/c1-18(2)36-23-9-6-20(7-10-23)29(34)33-15-21-5-4-14-30-28(21)31-25-12-13-26(19(3)27(25)33)32-16-24-11-8-22(32)17-35-24/h4-5,12-14,18,20,22-24H,6-11,15-17H2,1-3H3,(H,30,31)/t20?,22-,23?,24+/m0/s1. The molecule has 0 radical (unpaired) electrons. The Hall–Kier alpha value is -2.64. The number of anilines is 4. The van der Waals surface area contributed by atoms with Crippen LogP contribution in [-0.2, 0) is 20.8 Å². The first kappa shape index (κ1) is 23.7. The first-order chi connectivity index (χ1) is 17.5. The van der Waals surface area contributed by atoms with Gasteiger partial charge in [0.25, 0.3) is 0 Å². The molecular formula is C29H38N4O3. The molecule has 0 spiro atoms. The van der Waals surface area contributed by atoms with Crippen LogP contribution >= 0.6 is 0 Å². The van der Waals surface area contributed by atoms with Crippen LogP contribution in [0.2, 0.25) is 0 Å². The van der Waals surface area contributed by atoms with Gasteiger partial charge < -0.3 is 24.6 Å². The van der Waals surface area contributed by atoms with Gasteiger partial charge in [-0.2, -0.15) is 0 Å². The van der Waals surface area contributed by atoms with Crippen LogP contribution in [0.4, 0.5) is 22.9 Å². The average molecular weight is 491 g/mol. The fourth-order valence-electron chi connectivity index (χ4n) is 6.59. The number of carbonyl (C=O) groups is 1. The van der Waals surface area contributed by atoms with E-state index < -0.39 is 0 Å². The van der Waals surface area contributed by atoms with Gasteiger partial charge in [0.05, 0.1) is 48.9 Å². The van der Waals surface area contributed by atoms with Crippen molar-refractivity contribution in [2.24, 2.45) is 5.92 Å². The number of amides is 1. The summed E-state index contributed by atoms with van der Waals surface area (Å²) < 4.78 is 12.0. The molecule has 5 aliphatic rings. The van der Waals surface area contributed by atoms with Gasteiger partial charge >= 0.3 is 0 Å². The maximum Gasteiger partial charge on any atom is 0.230 e. The molecule has 1 aliphatic carbocycles. The highest BCUT2D eigenvalue weighted by molar-refractivity contribution is 6.01. The highest BCUT2D eigenvalue weighted by atomic mass is 16.5. The van der Waals surface area contributed by atoms with Crippen LogP contribution in [0, 0.1) is 12.8 Å². The number of hydrogen-bond acceptors (Lipinski definition) is 6.